The molecule has 176 valence electrons. The lowest BCUT2D eigenvalue weighted by Gasteiger charge is -2.30. The minimum Gasteiger partial charge on any atom is -0.394 e. The molecule has 2 aromatic rings. The molecule has 2 aromatic heterocycles. The number of aliphatic hydroxyl groups is 3. The molecule has 6 N–H and O–H groups in total. The number of ether oxygens (including phenoxy) is 1. The lowest BCUT2D eigenvalue weighted by Crippen LogP contribution is -2.31. The summed E-state index contributed by atoms with van der Waals surface area (Å²) in [5.41, 5.74) is 6.09. The Balaban J connectivity index is 2.15. The number of nitrogens with zero attached hydrogens (tertiary/aromatic N) is 4. The molecular weight excluding hydrogens is 453 g/mol. The molecule has 0 radical (unpaired) electrons. The number of nitrogens with two attached hydrogens (primary N) is 1. The molecule has 2 heterocycles. The average molecular weight is 482 g/mol. The Morgan fingerprint density at radius 1 is 1.39 bits per heavy atom. The van der Waals surface area contributed by atoms with Gasteiger partial charge in [-0.05, 0) is 26.2 Å². The third kappa shape index (κ3) is 5.91. The number of rotatable bonds is 12. The number of aromatic nitrogens is 4. The van der Waals surface area contributed by atoms with Crippen LogP contribution in [0.25, 0.3) is 11.2 Å². The molecule has 12 nitrogen and oxygen atoms in total. The van der Waals surface area contributed by atoms with Gasteiger partial charge in [0.15, 0.2) is 22.4 Å². The van der Waals surface area contributed by atoms with Crippen molar-refractivity contribution in [1.29, 1.82) is 0 Å². The summed E-state index contributed by atoms with van der Waals surface area (Å²) >= 11 is 6.02. The van der Waals surface area contributed by atoms with E-state index >= 15 is 0 Å². The normalized spacial score (nSPS) is 19.0. The van der Waals surface area contributed by atoms with Crippen LogP contribution in [0.3, 0.4) is 0 Å². The lowest BCUT2D eigenvalue weighted by atomic mass is 10.2. The molecule has 0 spiro atoms. The summed E-state index contributed by atoms with van der Waals surface area (Å²) in [4.78, 5) is 22.1. The molecule has 31 heavy (non-hydrogen) atoms. The third-order valence-electron chi connectivity index (χ3n) is 4.94. The van der Waals surface area contributed by atoms with E-state index in [9.17, 15) is 24.8 Å². The van der Waals surface area contributed by atoms with Crippen LogP contribution in [0.15, 0.2) is 6.33 Å². The fraction of sp³-hybridized carbons (Fsp3) is 0.706. The summed E-state index contributed by atoms with van der Waals surface area (Å²) in [5, 5.41) is 28.0. The fourth-order valence-corrected chi connectivity index (χ4v) is 4.22. The van der Waals surface area contributed by atoms with Crippen LogP contribution in [0.5, 0.6) is 0 Å². The highest BCUT2D eigenvalue weighted by Gasteiger charge is 2.43. The van der Waals surface area contributed by atoms with Gasteiger partial charge in [-0.25, -0.2) is 4.98 Å². The van der Waals surface area contributed by atoms with Gasteiger partial charge < -0.3 is 35.2 Å². The highest BCUT2D eigenvalue weighted by molar-refractivity contribution is 7.54. The number of aliphatic hydroxyl groups excluding tert-OH is 2. The van der Waals surface area contributed by atoms with Crippen molar-refractivity contribution in [1.82, 2.24) is 19.5 Å². The zero-order chi connectivity index (χ0) is 23.4. The topological polar surface area (TPSA) is 186 Å². The van der Waals surface area contributed by atoms with E-state index in [1.165, 1.54) is 17.8 Å². The molecule has 0 aliphatic heterocycles. The summed E-state index contributed by atoms with van der Waals surface area (Å²) in [6, 6.07) is 0. The smallest absolute Gasteiger partial charge is 0.359 e. The number of nitrogen functional groups attached to an aromatic ring is 1. The molecule has 14 heteroatoms. The first-order chi connectivity index (χ1) is 14.5. The van der Waals surface area contributed by atoms with Crippen molar-refractivity contribution in [2.75, 3.05) is 18.9 Å². The molecule has 3 unspecified atom stereocenters. The van der Waals surface area contributed by atoms with Crippen LogP contribution < -0.4 is 5.73 Å². The van der Waals surface area contributed by atoms with E-state index in [0.29, 0.717) is 6.42 Å². The van der Waals surface area contributed by atoms with Crippen LogP contribution in [-0.4, -0.2) is 70.5 Å². The molecule has 2 rings (SSSR count). The van der Waals surface area contributed by atoms with E-state index < -0.39 is 38.0 Å². The standard InChI is InChI=1S/C17H29ClN5O7P/c1-4-10(30-31(27,28)17(3,26)5-2)6-7-29-15(11(25)8-24)23-9-20-12-13(18)21-16(19)22-14(12)23/h9-11,15,24-26H,4-8H2,1-3H3,(H,27,28)(H2,19,21,22)/t10?,11-,15-,17?/m1/s1. The summed E-state index contributed by atoms with van der Waals surface area (Å²) < 4.78 is 24.8. The van der Waals surface area contributed by atoms with Crippen LogP contribution in [-0.2, 0) is 13.8 Å². The largest absolute Gasteiger partial charge is 0.394 e. The molecule has 0 saturated heterocycles. The first-order valence-corrected chi connectivity index (χ1v) is 11.7. The van der Waals surface area contributed by atoms with Crippen molar-refractivity contribution >= 4 is 36.3 Å². The molecule has 0 saturated carbocycles. The van der Waals surface area contributed by atoms with Gasteiger partial charge in [0, 0.05) is 0 Å². The summed E-state index contributed by atoms with van der Waals surface area (Å²) in [6.07, 6.45) is -1.19. The Kier molecular flexibility index (Phi) is 8.77. The predicted octanol–water partition coefficient (Wildman–Crippen LogP) is 1.42. The average Bonchev–Trinajstić information content (AvgIpc) is 3.13. The monoisotopic (exact) mass is 481 g/mol. The first kappa shape index (κ1) is 25.9. The van der Waals surface area contributed by atoms with Gasteiger partial charge in [-0.3, -0.25) is 9.13 Å². The molecule has 5 atom stereocenters. The second kappa shape index (κ2) is 10.5. The predicted molar refractivity (Wildman–Crippen MR) is 113 cm³/mol. The van der Waals surface area contributed by atoms with Crippen LogP contribution in [0, 0.1) is 0 Å². The van der Waals surface area contributed by atoms with Crippen molar-refractivity contribution < 1.29 is 34.0 Å². The lowest BCUT2D eigenvalue weighted by molar-refractivity contribution is -0.101. The Morgan fingerprint density at radius 3 is 2.65 bits per heavy atom. The maximum Gasteiger partial charge on any atom is 0.359 e. The number of hydrogen-bond acceptors (Lipinski definition) is 10. The van der Waals surface area contributed by atoms with E-state index in [2.05, 4.69) is 15.0 Å². The highest BCUT2D eigenvalue weighted by Crippen LogP contribution is 2.56. The maximum atomic E-state index is 12.4. The fourth-order valence-electron chi connectivity index (χ4n) is 2.72. The van der Waals surface area contributed by atoms with Gasteiger partial charge >= 0.3 is 7.60 Å². The van der Waals surface area contributed by atoms with E-state index in [0.717, 1.165) is 0 Å². The minimum absolute atomic E-state index is 0.0114. The van der Waals surface area contributed by atoms with Gasteiger partial charge in [-0.2, -0.15) is 9.97 Å². The minimum atomic E-state index is -4.30. The van der Waals surface area contributed by atoms with Crippen LogP contribution in [0.4, 0.5) is 5.95 Å². The number of imidazole rings is 1. The molecule has 0 amide bonds. The van der Waals surface area contributed by atoms with Crippen LogP contribution >= 0.6 is 19.2 Å². The molecule has 0 aromatic carbocycles. The maximum absolute atomic E-state index is 12.4. The van der Waals surface area contributed by atoms with E-state index in [-0.39, 0.29) is 41.7 Å². The molecule has 0 aliphatic carbocycles. The van der Waals surface area contributed by atoms with Gasteiger partial charge in [0.25, 0.3) is 0 Å². The molecular formula is C17H29ClN5O7P. The Bertz CT molecular complexity index is 928. The number of halogens is 1. The van der Waals surface area contributed by atoms with Crippen molar-refractivity contribution in [3.8, 4) is 0 Å². The number of anilines is 1. The van der Waals surface area contributed by atoms with Gasteiger partial charge in [0.2, 0.25) is 5.95 Å². The van der Waals surface area contributed by atoms with Gasteiger partial charge in [0.1, 0.15) is 11.6 Å². The quantitative estimate of drug-likeness (QED) is 0.218. The van der Waals surface area contributed by atoms with E-state index in [1.54, 1.807) is 13.8 Å². The van der Waals surface area contributed by atoms with Crippen molar-refractivity contribution in [2.24, 2.45) is 0 Å². The Labute approximate surface area is 184 Å². The second-order valence-electron chi connectivity index (χ2n) is 7.22. The zero-order valence-electron chi connectivity index (χ0n) is 17.5. The SMILES string of the molecule is CCC(CCO[C@H]([C@H](O)CO)n1cnc2c(Cl)nc(N)nc21)OP(=O)(O)C(C)(O)CC. The molecule has 0 bridgehead atoms. The number of fused-ring (bicyclic) bond motifs is 1. The van der Waals surface area contributed by atoms with Crippen molar-refractivity contribution in [3.63, 3.8) is 0 Å². The van der Waals surface area contributed by atoms with Crippen molar-refractivity contribution in [2.45, 2.75) is 63.8 Å². The van der Waals surface area contributed by atoms with Crippen LogP contribution in [0.2, 0.25) is 5.15 Å². The van der Waals surface area contributed by atoms with E-state index in [1.807, 2.05) is 0 Å². The zero-order valence-corrected chi connectivity index (χ0v) is 19.2. The summed E-state index contributed by atoms with van der Waals surface area (Å²) in [7, 11) is -4.30. The van der Waals surface area contributed by atoms with Gasteiger partial charge in [-0.15, -0.1) is 0 Å². The van der Waals surface area contributed by atoms with E-state index in [4.69, 9.17) is 26.6 Å². The number of hydrogen-bond donors (Lipinski definition) is 5. The first-order valence-electron chi connectivity index (χ1n) is 9.77. The second-order valence-corrected chi connectivity index (χ2v) is 9.80. The summed E-state index contributed by atoms with van der Waals surface area (Å²) in [6.45, 7) is 3.96. The van der Waals surface area contributed by atoms with Gasteiger partial charge in [0.05, 0.1) is 25.6 Å². The molecule has 0 fully saturated rings. The highest BCUT2D eigenvalue weighted by atomic mass is 35.5. The third-order valence-corrected chi connectivity index (χ3v) is 7.32. The Morgan fingerprint density at radius 2 is 2.06 bits per heavy atom. The molecule has 0 aliphatic rings. The van der Waals surface area contributed by atoms with Gasteiger partial charge in [-0.1, -0.05) is 25.4 Å². The van der Waals surface area contributed by atoms with Crippen LogP contribution in [0.1, 0.15) is 46.3 Å². The Hall–Kier alpha value is -1.37. The van der Waals surface area contributed by atoms with Crippen molar-refractivity contribution in [3.05, 3.63) is 11.5 Å². The summed E-state index contributed by atoms with van der Waals surface area (Å²) in [5.74, 6) is -0.0994.